The minimum absolute atomic E-state index is 0.225. The van der Waals surface area contributed by atoms with Crippen molar-refractivity contribution in [3.05, 3.63) is 11.7 Å². The lowest BCUT2D eigenvalue weighted by Gasteiger charge is -2.05. The summed E-state index contributed by atoms with van der Waals surface area (Å²) in [4.78, 5) is 4.18. The molecule has 0 aliphatic carbocycles. The Kier molecular flexibility index (Phi) is 3.48. The highest BCUT2D eigenvalue weighted by atomic mass is 32.2. The molecule has 1 aromatic rings. The van der Waals surface area contributed by atoms with E-state index in [1.54, 1.807) is 0 Å². The number of aromatic nitrogens is 2. The van der Waals surface area contributed by atoms with E-state index in [9.17, 15) is 8.42 Å². The molecule has 2 atom stereocenters. The van der Waals surface area contributed by atoms with Crippen molar-refractivity contribution in [2.75, 3.05) is 12.8 Å². The molecule has 0 radical (unpaired) electrons. The van der Waals surface area contributed by atoms with Crippen LogP contribution in [0.1, 0.15) is 36.7 Å². The maximum atomic E-state index is 11.7. The van der Waals surface area contributed by atoms with Crippen LogP contribution in [0.3, 0.4) is 0 Å². The molecule has 0 amide bonds. The van der Waals surface area contributed by atoms with Gasteiger partial charge in [-0.15, -0.1) is 0 Å². The summed E-state index contributed by atoms with van der Waals surface area (Å²) in [6.45, 7) is 2.00. The minimum atomic E-state index is -3.07. The van der Waals surface area contributed by atoms with Gasteiger partial charge in [0.05, 0.1) is 5.75 Å². The van der Waals surface area contributed by atoms with Crippen molar-refractivity contribution < 1.29 is 12.9 Å². The van der Waals surface area contributed by atoms with Crippen LogP contribution in [0.4, 0.5) is 0 Å². The highest BCUT2D eigenvalue weighted by Crippen LogP contribution is 2.33. The van der Waals surface area contributed by atoms with Gasteiger partial charge in [0, 0.05) is 12.5 Å². The predicted octanol–water partition coefficient (Wildman–Crippen LogP) is 0.470. The van der Waals surface area contributed by atoms with Gasteiger partial charge in [0.15, 0.2) is 15.7 Å². The Bertz CT molecular complexity index is 483. The maximum Gasteiger partial charge on any atom is 0.244 e. The van der Waals surface area contributed by atoms with Gasteiger partial charge in [-0.2, -0.15) is 4.98 Å². The average molecular weight is 259 g/mol. The van der Waals surface area contributed by atoms with E-state index in [-0.39, 0.29) is 17.7 Å². The summed E-state index contributed by atoms with van der Waals surface area (Å²) in [6.07, 6.45) is 1.90. The zero-order chi connectivity index (χ0) is 12.5. The molecule has 1 aliphatic heterocycles. The van der Waals surface area contributed by atoms with E-state index in [0.717, 1.165) is 0 Å². The molecular weight excluding hydrogens is 242 g/mol. The molecule has 0 bridgehead atoms. The first kappa shape index (κ1) is 12.5. The van der Waals surface area contributed by atoms with Crippen LogP contribution in [0.15, 0.2) is 4.52 Å². The fourth-order valence-electron chi connectivity index (χ4n) is 1.93. The van der Waals surface area contributed by atoms with E-state index in [0.29, 0.717) is 25.1 Å². The summed E-state index contributed by atoms with van der Waals surface area (Å²) in [5.74, 6) is 1.03. The quantitative estimate of drug-likeness (QED) is 0.846. The number of nitrogens with zero attached hydrogens (tertiary/aromatic N) is 2. The van der Waals surface area contributed by atoms with Gasteiger partial charge >= 0.3 is 0 Å². The smallest absolute Gasteiger partial charge is 0.244 e. The SMILES string of the molecule is CNC(C)Cc1noc(C2CCCS2(=O)=O)n1. The Labute approximate surface area is 101 Å². The van der Waals surface area contributed by atoms with Gasteiger partial charge in [-0.3, -0.25) is 0 Å². The first-order valence-electron chi connectivity index (χ1n) is 5.74. The molecule has 17 heavy (non-hydrogen) atoms. The van der Waals surface area contributed by atoms with Crippen molar-refractivity contribution >= 4 is 9.84 Å². The molecule has 2 rings (SSSR count). The van der Waals surface area contributed by atoms with Gasteiger partial charge in [0.25, 0.3) is 0 Å². The maximum absolute atomic E-state index is 11.7. The molecule has 1 fully saturated rings. The number of nitrogens with one attached hydrogen (secondary N) is 1. The summed E-state index contributed by atoms with van der Waals surface area (Å²) >= 11 is 0. The fourth-order valence-corrected chi connectivity index (χ4v) is 3.71. The minimum Gasteiger partial charge on any atom is -0.338 e. The predicted molar refractivity (Wildman–Crippen MR) is 62.3 cm³/mol. The van der Waals surface area contributed by atoms with Gasteiger partial charge in [-0.25, -0.2) is 8.42 Å². The second kappa shape index (κ2) is 4.73. The van der Waals surface area contributed by atoms with Crippen LogP contribution in [0.5, 0.6) is 0 Å². The molecule has 2 heterocycles. The summed E-state index contributed by atoms with van der Waals surface area (Å²) in [5, 5.41) is 6.30. The molecule has 1 N–H and O–H groups in total. The van der Waals surface area contributed by atoms with Crippen molar-refractivity contribution in [2.45, 2.75) is 37.5 Å². The zero-order valence-corrected chi connectivity index (χ0v) is 10.8. The molecule has 1 saturated heterocycles. The second-order valence-electron chi connectivity index (χ2n) is 4.44. The highest BCUT2D eigenvalue weighted by Gasteiger charge is 2.36. The molecule has 96 valence electrons. The first-order valence-corrected chi connectivity index (χ1v) is 7.46. The van der Waals surface area contributed by atoms with E-state index >= 15 is 0 Å². The standard InChI is InChI=1S/C10H17N3O3S/c1-7(11-2)6-9-12-10(16-13-9)8-4-3-5-17(8,14)15/h7-8,11H,3-6H2,1-2H3. The molecule has 7 heteroatoms. The summed E-state index contributed by atoms with van der Waals surface area (Å²) in [6, 6.07) is 0.237. The van der Waals surface area contributed by atoms with Crippen LogP contribution in [-0.4, -0.2) is 37.4 Å². The van der Waals surface area contributed by atoms with Gasteiger partial charge in [0.2, 0.25) is 5.89 Å². The Morgan fingerprint density at radius 3 is 2.94 bits per heavy atom. The lowest BCUT2D eigenvalue weighted by Crippen LogP contribution is -2.24. The van der Waals surface area contributed by atoms with E-state index in [1.807, 2.05) is 14.0 Å². The van der Waals surface area contributed by atoms with Gasteiger partial charge in [0.1, 0.15) is 5.25 Å². The van der Waals surface area contributed by atoms with Crippen molar-refractivity contribution in [1.82, 2.24) is 15.5 Å². The zero-order valence-electron chi connectivity index (χ0n) is 10.0. The average Bonchev–Trinajstić information content (AvgIpc) is 2.84. The molecule has 1 aromatic heterocycles. The Hall–Kier alpha value is -0.950. The molecule has 0 spiro atoms. The molecule has 0 aromatic carbocycles. The van der Waals surface area contributed by atoms with Crippen molar-refractivity contribution in [3.8, 4) is 0 Å². The van der Waals surface area contributed by atoms with Crippen LogP contribution in [0.2, 0.25) is 0 Å². The molecule has 0 saturated carbocycles. The molecule has 1 aliphatic rings. The topological polar surface area (TPSA) is 85.1 Å². The lowest BCUT2D eigenvalue weighted by atomic mass is 10.2. The monoisotopic (exact) mass is 259 g/mol. The third-order valence-corrected chi connectivity index (χ3v) is 5.23. The van der Waals surface area contributed by atoms with Crippen LogP contribution >= 0.6 is 0 Å². The third-order valence-electron chi connectivity index (χ3n) is 3.07. The van der Waals surface area contributed by atoms with Crippen molar-refractivity contribution in [2.24, 2.45) is 0 Å². The van der Waals surface area contributed by atoms with E-state index in [4.69, 9.17) is 4.52 Å². The first-order chi connectivity index (χ1) is 8.03. The van der Waals surface area contributed by atoms with E-state index in [2.05, 4.69) is 15.5 Å². The van der Waals surface area contributed by atoms with Crippen molar-refractivity contribution in [3.63, 3.8) is 0 Å². The van der Waals surface area contributed by atoms with E-state index in [1.165, 1.54) is 0 Å². The fraction of sp³-hybridized carbons (Fsp3) is 0.800. The Morgan fingerprint density at radius 1 is 1.59 bits per heavy atom. The van der Waals surface area contributed by atoms with Crippen LogP contribution in [0, 0.1) is 0 Å². The number of likely N-dealkylation sites (N-methyl/N-ethyl adjacent to an activating group) is 1. The lowest BCUT2D eigenvalue weighted by molar-refractivity contribution is 0.365. The van der Waals surface area contributed by atoms with E-state index < -0.39 is 15.1 Å². The van der Waals surface area contributed by atoms with Gasteiger partial charge < -0.3 is 9.84 Å². The Morgan fingerprint density at radius 2 is 2.35 bits per heavy atom. The normalized spacial score (nSPS) is 24.9. The van der Waals surface area contributed by atoms with Gasteiger partial charge in [-0.1, -0.05) is 5.16 Å². The molecule has 6 nitrogen and oxygen atoms in total. The number of sulfone groups is 1. The number of rotatable bonds is 4. The van der Waals surface area contributed by atoms with Crippen LogP contribution in [-0.2, 0) is 16.3 Å². The highest BCUT2D eigenvalue weighted by molar-refractivity contribution is 7.91. The summed E-state index contributed by atoms with van der Waals surface area (Å²) < 4.78 is 28.5. The van der Waals surface area contributed by atoms with Crippen LogP contribution < -0.4 is 5.32 Å². The third kappa shape index (κ3) is 2.66. The Balaban J connectivity index is 2.13. The van der Waals surface area contributed by atoms with Crippen molar-refractivity contribution in [1.29, 1.82) is 0 Å². The summed E-state index contributed by atoms with van der Waals surface area (Å²) in [5.41, 5.74) is 0. The number of hydrogen-bond donors (Lipinski definition) is 1. The van der Waals surface area contributed by atoms with Crippen LogP contribution in [0.25, 0.3) is 0 Å². The second-order valence-corrected chi connectivity index (χ2v) is 6.74. The van der Waals surface area contributed by atoms with Gasteiger partial charge in [-0.05, 0) is 26.8 Å². The number of hydrogen-bond acceptors (Lipinski definition) is 6. The molecular formula is C10H17N3O3S. The molecule has 2 unspecified atom stereocenters. The largest absolute Gasteiger partial charge is 0.338 e. The summed E-state index contributed by atoms with van der Waals surface area (Å²) in [7, 11) is -1.22.